The monoisotopic (exact) mass is 280 g/mol. The molecule has 0 bridgehead atoms. The average Bonchev–Trinajstić information content (AvgIpc) is 3.09. The van der Waals surface area contributed by atoms with Gasteiger partial charge in [0.1, 0.15) is 6.10 Å². The summed E-state index contributed by atoms with van der Waals surface area (Å²) < 4.78 is 5.51. The van der Waals surface area contributed by atoms with Crippen molar-refractivity contribution in [2.75, 3.05) is 19.7 Å². The van der Waals surface area contributed by atoms with E-state index < -0.39 is 0 Å². The van der Waals surface area contributed by atoms with Crippen molar-refractivity contribution in [2.24, 2.45) is 0 Å². The predicted octanol–water partition coefficient (Wildman–Crippen LogP) is 2.34. The Balaban J connectivity index is 1.65. The van der Waals surface area contributed by atoms with Gasteiger partial charge in [-0.15, -0.1) is 11.3 Å². The molecule has 1 aromatic heterocycles. The van der Waals surface area contributed by atoms with Gasteiger partial charge in [-0.05, 0) is 32.6 Å². The number of carbonyl (C=O) groups excluding carboxylic acids is 1. The number of thiazole rings is 1. The molecule has 2 atom stereocenters. The molecule has 5 heteroatoms. The summed E-state index contributed by atoms with van der Waals surface area (Å²) in [6, 6.07) is 0. The lowest BCUT2D eigenvalue weighted by Crippen LogP contribution is -2.44. The Labute approximate surface area is 117 Å². The largest absolute Gasteiger partial charge is 0.368 e. The van der Waals surface area contributed by atoms with Crippen molar-refractivity contribution in [1.29, 1.82) is 0 Å². The van der Waals surface area contributed by atoms with Crippen LogP contribution in [0.2, 0.25) is 0 Å². The maximum Gasteiger partial charge on any atom is 0.251 e. The third kappa shape index (κ3) is 2.82. The van der Waals surface area contributed by atoms with E-state index in [9.17, 15) is 4.79 Å². The summed E-state index contributed by atoms with van der Waals surface area (Å²) in [4.78, 5) is 18.9. The molecule has 2 aliphatic heterocycles. The van der Waals surface area contributed by atoms with Crippen LogP contribution in [0.25, 0.3) is 0 Å². The first-order chi connectivity index (χ1) is 9.24. The minimum Gasteiger partial charge on any atom is -0.368 e. The quantitative estimate of drug-likeness (QED) is 0.835. The number of ether oxygens (including phenoxy) is 1. The summed E-state index contributed by atoms with van der Waals surface area (Å²) in [6.07, 6.45) is 3.93. The molecule has 2 fully saturated rings. The maximum atomic E-state index is 12.4. The van der Waals surface area contributed by atoms with Crippen molar-refractivity contribution in [3.8, 4) is 0 Å². The van der Waals surface area contributed by atoms with Gasteiger partial charge in [-0.2, -0.15) is 0 Å². The van der Waals surface area contributed by atoms with E-state index in [1.165, 1.54) is 5.01 Å². The highest BCUT2D eigenvalue weighted by molar-refractivity contribution is 7.09. The number of nitrogens with zero attached hydrogens (tertiary/aromatic N) is 2. The van der Waals surface area contributed by atoms with Crippen molar-refractivity contribution in [2.45, 2.75) is 44.6 Å². The van der Waals surface area contributed by atoms with Crippen LogP contribution in [0.15, 0.2) is 5.38 Å². The van der Waals surface area contributed by atoms with Gasteiger partial charge in [0.25, 0.3) is 5.91 Å². The van der Waals surface area contributed by atoms with Crippen LogP contribution in [-0.2, 0) is 9.53 Å². The van der Waals surface area contributed by atoms with Crippen molar-refractivity contribution >= 4 is 17.2 Å². The van der Waals surface area contributed by atoms with Crippen molar-refractivity contribution in [3.63, 3.8) is 0 Å². The number of piperidine rings is 1. The highest BCUT2D eigenvalue weighted by atomic mass is 32.1. The fourth-order valence-electron chi connectivity index (χ4n) is 2.91. The van der Waals surface area contributed by atoms with Crippen LogP contribution in [0.5, 0.6) is 0 Å². The molecular formula is C14H20N2O2S. The van der Waals surface area contributed by atoms with E-state index in [1.54, 1.807) is 11.3 Å². The summed E-state index contributed by atoms with van der Waals surface area (Å²) in [7, 11) is 0. The number of amides is 1. The van der Waals surface area contributed by atoms with E-state index in [0.717, 1.165) is 51.1 Å². The van der Waals surface area contributed by atoms with E-state index in [0.29, 0.717) is 5.92 Å². The normalized spacial score (nSPS) is 27.7. The Bertz CT molecular complexity index is 454. The molecule has 0 unspecified atom stereocenters. The summed E-state index contributed by atoms with van der Waals surface area (Å²) in [6.45, 7) is 4.45. The van der Waals surface area contributed by atoms with Crippen molar-refractivity contribution < 1.29 is 9.53 Å². The fourth-order valence-corrected chi connectivity index (χ4v) is 3.84. The summed E-state index contributed by atoms with van der Waals surface area (Å²) >= 11 is 1.72. The Kier molecular flexibility index (Phi) is 3.84. The summed E-state index contributed by atoms with van der Waals surface area (Å²) in [5.74, 6) is 0.605. The van der Waals surface area contributed by atoms with Crippen LogP contribution in [-0.4, -0.2) is 41.6 Å². The summed E-state index contributed by atoms with van der Waals surface area (Å²) in [5, 5.41) is 3.28. The van der Waals surface area contributed by atoms with Gasteiger partial charge < -0.3 is 9.64 Å². The molecule has 19 heavy (non-hydrogen) atoms. The van der Waals surface area contributed by atoms with E-state index >= 15 is 0 Å². The highest BCUT2D eigenvalue weighted by Crippen LogP contribution is 2.30. The number of rotatable bonds is 2. The van der Waals surface area contributed by atoms with E-state index in [1.807, 2.05) is 11.8 Å². The summed E-state index contributed by atoms with van der Waals surface area (Å²) in [5.41, 5.74) is 1.09. The third-order valence-corrected chi connectivity index (χ3v) is 5.05. The minimum atomic E-state index is -0.184. The van der Waals surface area contributed by atoms with Crippen molar-refractivity contribution in [3.05, 3.63) is 16.1 Å². The van der Waals surface area contributed by atoms with Gasteiger partial charge in [-0.25, -0.2) is 4.98 Å². The first-order valence-corrected chi connectivity index (χ1v) is 7.94. The Morgan fingerprint density at radius 1 is 1.47 bits per heavy atom. The number of aromatic nitrogens is 1. The number of likely N-dealkylation sites (tertiary alicyclic amines) is 1. The molecule has 0 spiro atoms. The molecule has 2 aliphatic rings. The fraction of sp³-hybridized carbons (Fsp3) is 0.714. The first-order valence-electron chi connectivity index (χ1n) is 7.06. The number of carbonyl (C=O) groups is 1. The highest BCUT2D eigenvalue weighted by Gasteiger charge is 2.32. The van der Waals surface area contributed by atoms with E-state index in [-0.39, 0.29) is 12.0 Å². The zero-order valence-corrected chi connectivity index (χ0v) is 12.1. The molecule has 1 aromatic rings. The van der Waals surface area contributed by atoms with Crippen LogP contribution in [0.1, 0.15) is 42.3 Å². The lowest BCUT2D eigenvalue weighted by atomic mass is 9.98. The lowest BCUT2D eigenvalue weighted by molar-refractivity contribution is -0.142. The van der Waals surface area contributed by atoms with Crippen LogP contribution in [0.4, 0.5) is 0 Å². The number of aryl methyl sites for hydroxylation is 1. The number of hydrogen-bond acceptors (Lipinski definition) is 4. The molecule has 0 aromatic carbocycles. The van der Waals surface area contributed by atoms with Gasteiger partial charge in [0.2, 0.25) is 0 Å². The Morgan fingerprint density at radius 3 is 3.05 bits per heavy atom. The van der Waals surface area contributed by atoms with Gasteiger partial charge in [-0.3, -0.25) is 4.79 Å². The molecule has 3 rings (SSSR count). The van der Waals surface area contributed by atoms with Gasteiger partial charge in [0, 0.05) is 36.7 Å². The van der Waals surface area contributed by atoms with Crippen molar-refractivity contribution in [1.82, 2.24) is 9.88 Å². The topological polar surface area (TPSA) is 42.4 Å². The van der Waals surface area contributed by atoms with Gasteiger partial charge in [0.05, 0.1) is 5.01 Å². The van der Waals surface area contributed by atoms with Crippen LogP contribution in [0.3, 0.4) is 0 Å². The second-order valence-corrected chi connectivity index (χ2v) is 6.34. The molecule has 104 valence electrons. The maximum absolute atomic E-state index is 12.4. The predicted molar refractivity (Wildman–Crippen MR) is 74.4 cm³/mol. The van der Waals surface area contributed by atoms with Crippen LogP contribution < -0.4 is 0 Å². The van der Waals surface area contributed by atoms with Gasteiger partial charge >= 0.3 is 0 Å². The molecule has 0 aliphatic carbocycles. The lowest BCUT2D eigenvalue weighted by Gasteiger charge is -2.33. The second kappa shape index (κ2) is 5.59. The molecule has 0 N–H and O–H groups in total. The molecule has 4 nitrogen and oxygen atoms in total. The SMILES string of the molecule is Cc1csc([C@H]2CCCN(C(=O)[C@H]3CCCO3)C2)n1. The smallest absolute Gasteiger partial charge is 0.251 e. The van der Waals surface area contributed by atoms with E-state index in [2.05, 4.69) is 10.4 Å². The second-order valence-electron chi connectivity index (χ2n) is 5.45. The minimum absolute atomic E-state index is 0.184. The number of hydrogen-bond donors (Lipinski definition) is 0. The molecule has 2 saturated heterocycles. The molecule has 0 radical (unpaired) electrons. The van der Waals surface area contributed by atoms with Gasteiger partial charge in [-0.1, -0.05) is 0 Å². The van der Waals surface area contributed by atoms with Crippen LogP contribution >= 0.6 is 11.3 Å². The molecule has 3 heterocycles. The average molecular weight is 280 g/mol. The first kappa shape index (κ1) is 13.1. The van der Waals surface area contributed by atoms with E-state index in [4.69, 9.17) is 4.74 Å². The Hall–Kier alpha value is -0.940. The molecule has 0 saturated carbocycles. The molecule has 1 amide bonds. The molecular weight excluding hydrogens is 260 g/mol. The van der Waals surface area contributed by atoms with Crippen LogP contribution in [0, 0.1) is 6.92 Å². The standard InChI is InChI=1S/C14H20N2O2S/c1-10-9-19-13(15-10)11-4-2-6-16(8-11)14(17)12-5-3-7-18-12/h9,11-12H,2-8H2,1H3/t11-,12+/m0/s1. The zero-order valence-electron chi connectivity index (χ0n) is 11.3. The third-order valence-electron chi connectivity index (χ3n) is 3.92. The zero-order chi connectivity index (χ0) is 13.2. The Morgan fingerprint density at radius 2 is 2.37 bits per heavy atom. The van der Waals surface area contributed by atoms with Gasteiger partial charge in [0.15, 0.2) is 0 Å².